The van der Waals surface area contributed by atoms with Crippen molar-refractivity contribution in [1.82, 2.24) is 4.57 Å². The largest absolute Gasteiger partial charge is 0.455 e. The Morgan fingerprint density at radius 2 is 1.18 bits per heavy atom. The van der Waals surface area contributed by atoms with Crippen LogP contribution < -0.4 is 0 Å². The highest BCUT2D eigenvalue weighted by Crippen LogP contribution is 2.42. The smallest absolute Gasteiger partial charge is 0.143 e. The van der Waals surface area contributed by atoms with Gasteiger partial charge in [0.1, 0.15) is 11.2 Å². The Morgan fingerprint density at radius 1 is 0.513 bits per heavy atom. The van der Waals surface area contributed by atoms with E-state index in [1.54, 1.807) is 0 Å². The molecule has 3 aromatic heterocycles. The van der Waals surface area contributed by atoms with Gasteiger partial charge in [0.05, 0.1) is 22.1 Å². The molecule has 0 saturated heterocycles. The zero-order valence-electron chi connectivity index (χ0n) is 20.9. The number of benzene rings is 6. The predicted octanol–water partition coefficient (Wildman–Crippen LogP) is 10.7. The van der Waals surface area contributed by atoms with Crippen LogP contribution in [0.2, 0.25) is 0 Å². The number of hydrogen-bond donors (Lipinski definition) is 0. The van der Waals surface area contributed by atoms with E-state index in [1.807, 2.05) is 11.3 Å². The number of thiophene rings is 1. The van der Waals surface area contributed by atoms with Crippen molar-refractivity contribution in [2.24, 2.45) is 0 Å². The molecular formula is C36H21NOS. The minimum Gasteiger partial charge on any atom is -0.455 e. The van der Waals surface area contributed by atoms with Crippen LogP contribution in [0.4, 0.5) is 0 Å². The van der Waals surface area contributed by atoms with Gasteiger partial charge in [-0.05, 0) is 42.0 Å². The predicted molar refractivity (Wildman–Crippen MR) is 166 cm³/mol. The van der Waals surface area contributed by atoms with Gasteiger partial charge in [0.15, 0.2) is 0 Å². The number of hydrogen-bond acceptors (Lipinski definition) is 2. The van der Waals surface area contributed by atoms with Crippen LogP contribution in [-0.4, -0.2) is 4.57 Å². The summed E-state index contributed by atoms with van der Waals surface area (Å²) in [5.74, 6) is 0. The van der Waals surface area contributed by atoms with Gasteiger partial charge in [-0.3, -0.25) is 0 Å². The fourth-order valence-electron chi connectivity index (χ4n) is 6.32. The zero-order chi connectivity index (χ0) is 25.5. The molecule has 6 aromatic carbocycles. The van der Waals surface area contributed by atoms with Gasteiger partial charge in [-0.15, -0.1) is 11.3 Å². The first-order valence-corrected chi connectivity index (χ1v) is 14.0. The molecule has 0 radical (unpaired) electrons. The van der Waals surface area contributed by atoms with E-state index in [-0.39, 0.29) is 0 Å². The van der Waals surface area contributed by atoms with Gasteiger partial charge < -0.3 is 8.98 Å². The van der Waals surface area contributed by atoms with Gasteiger partial charge in [-0.1, -0.05) is 91.0 Å². The van der Waals surface area contributed by atoms with Crippen molar-refractivity contribution < 1.29 is 4.42 Å². The molecule has 0 spiro atoms. The van der Waals surface area contributed by atoms with Crippen molar-refractivity contribution >= 4 is 75.3 Å². The van der Waals surface area contributed by atoms with Crippen LogP contribution in [0.1, 0.15) is 0 Å². The maximum atomic E-state index is 6.66. The molecule has 0 atom stereocenters. The molecule has 0 aliphatic rings. The summed E-state index contributed by atoms with van der Waals surface area (Å²) in [4.78, 5) is 0. The number of para-hydroxylation sites is 3. The van der Waals surface area contributed by atoms with Gasteiger partial charge in [0.2, 0.25) is 0 Å². The Labute approximate surface area is 227 Å². The second-order valence-corrected chi connectivity index (χ2v) is 11.2. The van der Waals surface area contributed by atoms with Crippen LogP contribution in [0.25, 0.3) is 80.7 Å². The summed E-state index contributed by atoms with van der Waals surface area (Å²) in [7, 11) is 0. The second kappa shape index (κ2) is 7.83. The van der Waals surface area contributed by atoms with E-state index in [0.29, 0.717) is 0 Å². The standard InChI is InChI=1S/C36H21NOS/c1-4-14-29-24(9-1)25-10-2-5-15-30(25)37(29)31-16-8-17-32-35(31)28-13-7-12-23(36(28)38-32)22-19-20-27-26-11-3-6-18-33(26)39-34(27)21-22/h1-21H. The van der Waals surface area contributed by atoms with E-state index in [4.69, 9.17) is 4.42 Å². The molecule has 182 valence electrons. The topological polar surface area (TPSA) is 18.1 Å². The molecule has 0 aliphatic heterocycles. The van der Waals surface area contributed by atoms with Crippen molar-refractivity contribution in [2.75, 3.05) is 0 Å². The molecule has 3 heterocycles. The molecular weight excluding hydrogens is 494 g/mol. The second-order valence-electron chi connectivity index (χ2n) is 10.1. The average molecular weight is 516 g/mol. The Bertz CT molecular complexity index is 2350. The number of rotatable bonds is 2. The summed E-state index contributed by atoms with van der Waals surface area (Å²) in [6.07, 6.45) is 0. The monoisotopic (exact) mass is 515 g/mol. The molecule has 39 heavy (non-hydrogen) atoms. The highest BCUT2D eigenvalue weighted by atomic mass is 32.1. The third kappa shape index (κ3) is 2.91. The van der Waals surface area contributed by atoms with Gasteiger partial charge in [-0.25, -0.2) is 0 Å². The third-order valence-electron chi connectivity index (χ3n) is 8.01. The molecule has 0 aliphatic carbocycles. The minimum atomic E-state index is 0.903. The number of furan rings is 1. The van der Waals surface area contributed by atoms with Crippen molar-refractivity contribution in [3.63, 3.8) is 0 Å². The summed E-state index contributed by atoms with van der Waals surface area (Å²) in [5.41, 5.74) is 7.67. The normalized spacial score (nSPS) is 12.1. The van der Waals surface area contributed by atoms with E-state index < -0.39 is 0 Å². The van der Waals surface area contributed by atoms with Crippen LogP contribution in [0.15, 0.2) is 132 Å². The Morgan fingerprint density at radius 3 is 2.00 bits per heavy atom. The lowest BCUT2D eigenvalue weighted by Gasteiger charge is -2.09. The lowest BCUT2D eigenvalue weighted by molar-refractivity contribution is 0.670. The number of nitrogens with zero attached hydrogens (tertiary/aromatic N) is 1. The maximum absolute atomic E-state index is 6.66. The lowest BCUT2D eigenvalue weighted by Crippen LogP contribution is -1.94. The Balaban J connectivity index is 1.33. The first-order chi connectivity index (χ1) is 19.3. The summed E-state index contributed by atoms with van der Waals surface area (Å²) < 4.78 is 11.7. The van der Waals surface area contributed by atoms with Crippen molar-refractivity contribution in [3.05, 3.63) is 127 Å². The van der Waals surface area contributed by atoms with Crippen molar-refractivity contribution in [3.8, 4) is 16.8 Å². The van der Waals surface area contributed by atoms with Gasteiger partial charge in [-0.2, -0.15) is 0 Å². The van der Waals surface area contributed by atoms with Crippen molar-refractivity contribution in [1.29, 1.82) is 0 Å². The van der Waals surface area contributed by atoms with E-state index in [1.165, 1.54) is 47.5 Å². The Hall–Kier alpha value is -4.86. The fraction of sp³-hybridized carbons (Fsp3) is 0. The number of aromatic nitrogens is 1. The summed E-state index contributed by atoms with van der Waals surface area (Å²) in [6, 6.07) is 45.7. The molecule has 0 fully saturated rings. The van der Waals surface area contributed by atoms with E-state index in [0.717, 1.165) is 33.2 Å². The van der Waals surface area contributed by atoms with Crippen LogP contribution in [0, 0.1) is 0 Å². The van der Waals surface area contributed by atoms with Gasteiger partial charge in [0.25, 0.3) is 0 Å². The third-order valence-corrected chi connectivity index (χ3v) is 9.14. The highest BCUT2D eigenvalue weighted by molar-refractivity contribution is 7.25. The molecule has 3 heteroatoms. The summed E-state index contributed by atoms with van der Waals surface area (Å²) in [5, 5.41) is 7.43. The summed E-state index contributed by atoms with van der Waals surface area (Å²) in [6.45, 7) is 0. The van der Waals surface area contributed by atoms with Gasteiger partial charge in [0, 0.05) is 41.9 Å². The zero-order valence-corrected chi connectivity index (χ0v) is 21.7. The quantitative estimate of drug-likeness (QED) is 0.224. The van der Waals surface area contributed by atoms with Crippen LogP contribution in [0.5, 0.6) is 0 Å². The first-order valence-electron chi connectivity index (χ1n) is 13.2. The molecule has 9 rings (SSSR count). The van der Waals surface area contributed by atoms with Crippen molar-refractivity contribution in [2.45, 2.75) is 0 Å². The van der Waals surface area contributed by atoms with Crippen LogP contribution in [-0.2, 0) is 0 Å². The number of fused-ring (bicyclic) bond motifs is 9. The Kier molecular flexibility index (Phi) is 4.24. The molecule has 2 nitrogen and oxygen atoms in total. The van der Waals surface area contributed by atoms with Crippen LogP contribution >= 0.6 is 11.3 Å². The van der Waals surface area contributed by atoms with E-state index >= 15 is 0 Å². The summed E-state index contributed by atoms with van der Waals surface area (Å²) >= 11 is 1.85. The van der Waals surface area contributed by atoms with E-state index in [9.17, 15) is 0 Å². The average Bonchev–Trinajstić information content (AvgIpc) is 3.66. The fourth-order valence-corrected chi connectivity index (χ4v) is 7.46. The lowest BCUT2D eigenvalue weighted by atomic mass is 10.0. The maximum Gasteiger partial charge on any atom is 0.143 e. The molecule has 0 N–H and O–H groups in total. The molecule has 0 bridgehead atoms. The minimum absolute atomic E-state index is 0.903. The highest BCUT2D eigenvalue weighted by Gasteiger charge is 2.19. The molecule has 0 unspecified atom stereocenters. The van der Waals surface area contributed by atoms with Crippen LogP contribution in [0.3, 0.4) is 0 Å². The SMILES string of the molecule is c1cc(-n2c3ccccc3c3ccccc32)c2c(c1)oc1c(-c3ccc4c(c3)sc3ccccc34)cccc12. The molecule has 0 amide bonds. The van der Waals surface area contributed by atoms with Gasteiger partial charge >= 0.3 is 0 Å². The molecule has 0 saturated carbocycles. The van der Waals surface area contributed by atoms with E-state index in [2.05, 4.69) is 132 Å². The first kappa shape index (κ1) is 21.1. The molecule has 9 aromatic rings.